The molecule has 0 aromatic heterocycles. The molecule has 0 radical (unpaired) electrons. The van der Waals surface area contributed by atoms with Crippen LogP contribution in [0.25, 0.3) is 11.6 Å². The zero-order valence-corrected chi connectivity index (χ0v) is 17.7. The second-order valence-corrected chi connectivity index (χ2v) is 8.80. The molecule has 0 unspecified atom stereocenters. The van der Waals surface area contributed by atoms with Gasteiger partial charge in [0.2, 0.25) is 0 Å². The number of hydrogen-bond acceptors (Lipinski definition) is 2. The minimum atomic E-state index is -0.0954. The Bertz CT molecular complexity index is 895. The molecule has 1 amide bonds. The summed E-state index contributed by atoms with van der Waals surface area (Å²) in [5.74, 6) is 0.762. The van der Waals surface area contributed by atoms with Gasteiger partial charge < -0.3 is 10.1 Å². The molecule has 2 aromatic rings. The molecular formula is C20H19Br2NO2. The summed E-state index contributed by atoms with van der Waals surface area (Å²) in [5, 5.41) is 2.93. The second kappa shape index (κ2) is 6.61. The average molecular weight is 465 g/mol. The van der Waals surface area contributed by atoms with Gasteiger partial charge in [-0.3, -0.25) is 4.79 Å². The van der Waals surface area contributed by atoms with E-state index < -0.39 is 0 Å². The van der Waals surface area contributed by atoms with Crippen molar-refractivity contribution in [1.82, 2.24) is 0 Å². The summed E-state index contributed by atoms with van der Waals surface area (Å²) >= 11 is 7.00. The van der Waals surface area contributed by atoms with Gasteiger partial charge in [0.1, 0.15) is 5.75 Å². The lowest BCUT2D eigenvalue weighted by molar-refractivity contribution is -0.110. The summed E-state index contributed by atoms with van der Waals surface area (Å²) in [7, 11) is 1.68. The number of halogens is 2. The molecule has 0 fully saturated rings. The number of ether oxygens (including phenoxy) is 1. The molecule has 0 spiro atoms. The quantitative estimate of drug-likeness (QED) is 0.552. The Kier molecular flexibility index (Phi) is 4.82. The van der Waals surface area contributed by atoms with Crippen LogP contribution in [0.15, 0.2) is 39.3 Å². The average Bonchev–Trinajstić information content (AvgIpc) is 2.83. The van der Waals surface area contributed by atoms with E-state index in [2.05, 4.69) is 64.0 Å². The number of methoxy groups -OCH3 is 1. The molecule has 130 valence electrons. The molecule has 3 nitrogen and oxygen atoms in total. The Morgan fingerprint density at radius 3 is 2.48 bits per heavy atom. The SMILES string of the molecule is COc1ccc(C=C2C(=O)Nc3c(Br)cc(Br)cc32)cc1C(C)(C)C. The molecular weight excluding hydrogens is 446 g/mol. The van der Waals surface area contributed by atoms with E-state index in [9.17, 15) is 4.79 Å². The van der Waals surface area contributed by atoms with Crippen LogP contribution in [0.1, 0.15) is 37.5 Å². The number of carbonyl (C=O) groups is 1. The van der Waals surface area contributed by atoms with Crippen molar-refractivity contribution in [3.05, 3.63) is 56.0 Å². The lowest BCUT2D eigenvalue weighted by Crippen LogP contribution is -2.13. The van der Waals surface area contributed by atoms with Gasteiger partial charge in [0, 0.05) is 25.6 Å². The summed E-state index contributed by atoms with van der Waals surface area (Å²) in [6.45, 7) is 6.44. The Morgan fingerprint density at radius 1 is 1.12 bits per heavy atom. The summed E-state index contributed by atoms with van der Waals surface area (Å²) in [4.78, 5) is 12.5. The van der Waals surface area contributed by atoms with E-state index in [1.165, 1.54) is 0 Å². The number of nitrogens with one attached hydrogen (secondary N) is 1. The molecule has 1 aliphatic heterocycles. The molecule has 3 rings (SSSR count). The summed E-state index contributed by atoms with van der Waals surface area (Å²) in [6, 6.07) is 9.90. The van der Waals surface area contributed by atoms with Crippen molar-refractivity contribution in [3.8, 4) is 5.75 Å². The Morgan fingerprint density at radius 2 is 1.84 bits per heavy atom. The fourth-order valence-electron chi connectivity index (χ4n) is 2.93. The van der Waals surface area contributed by atoms with Gasteiger partial charge >= 0.3 is 0 Å². The minimum absolute atomic E-state index is 0.0538. The van der Waals surface area contributed by atoms with E-state index in [0.29, 0.717) is 5.57 Å². The predicted octanol–water partition coefficient (Wildman–Crippen LogP) is 6.01. The van der Waals surface area contributed by atoms with Gasteiger partial charge in [-0.25, -0.2) is 0 Å². The number of carbonyl (C=O) groups excluding carboxylic acids is 1. The highest BCUT2D eigenvalue weighted by molar-refractivity contribution is 9.11. The van der Waals surface area contributed by atoms with Crippen molar-refractivity contribution in [1.29, 1.82) is 0 Å². The summed E-state index contributed by atoms with van der Waals surface area (Å²) in [5.41, 5.74) is 4.38. The Balaban J connectivity index is 2.13. The molecule has 1 N–H and O–H groups in total. The molecule has 2 aromatic carbocycles. The zero-order valence-electron chi connectivity index (χ0n) is 14.5. The topological polar surface area (TPSA) is 38.3 Å². The van der Waals surface area contributed by atoms with Crippen molar-refractivity contribution in [2.75, 3.05) is 12.4 Å². The Labute approximate surface area is 164 Å². The first-order valence-electron chi connectivity index (χ1n) is 7.91. The van der Waals surface area contributed by atoms with Crippen molar-refractivity contribution in [3.63, 3.8) is 0 Å². The first-order valence-corrected chi connectivity index (χ1v) is 9.50. The van der Waals surface area contributed by atoms with E-state index in [-0.39, 0.29) is 11.3 Å². The van der Waals surface area contributed by atoms with Crippen LogP contribution in [0.2, 0.25) is 0 Å². The third-order valence-corrected chi connectivity index (χ3v) is 5.25. The molecule has 1 heterocycles. The normalized spacial score (nSPS) is 15.3. The maximum atomic E-state index is 12.5. The molecule has 0 saturated carbocycles. The number of benzene rings is 2. The lowest BCUT2D eigenvalue weighted by atomic mass is 9.85. The summed E-state index contributed by atoms with van der Waals surface area (Å²) < 4.78 is 7.28. The van der Waals surface area contributed by atoms with Crippen LogP contribution in [0.3, 0.4) is 0 Å². The third-order valence-electron chi connectivity index (χ3n) is 4.17. The van der Waals surface area contributed by atoms with Crippen molar-refractivity contribution in [2.45, 2.75) is 26.2 Å². The second-order valence-electron chi connectivity index (χ2n) is 7.03. The van der Waals surface area contributed by atoms with Gasteiger partial charge in [0.05, 0.1) is 12.8 Å². The van der Waals surface area contributed by atoms with Gasteiger partial charge in [-0.15, -0.1) is 0 Å². The molecule has 0 aliphatic carbocycles. The summed E-state index contributed by atoms with van der Waals surface area (Å²) in [6.07, 6.45) is 1.93. The smallest absolute Gasteiger partial charge is 0.256 e. The fourth-order valence-corrected chi connectivity index (χ4v) is 4.25. The molecule has 0 atom stereocenters. The number of amides is 1. The standard InChI is InChI=1S/C20H19Br2NO2/c1-20(2,3)15-8-11(5-6-17(15)25-4)7-14-13-9-12(21)10-16(22)18(13)23-19(14)24/h5-10H,1-4H3,(H,23,24). The van der Waals surface area contributed by atoms with Gasteiger partial charge in [-0.1, -0.05) is 42.8 Å². The van der Waals surface area contributed by atoms with E-state index in [0.717, 1.165) is 37.1 Å². The maximum absolute atomic E-state index is 12.5. The fraction of sp³-hybridized carbons (Fsp3) is 0.250. The van der Waals surface area contributed by atoms with Crippen LogP contribution in [-0.2, 0) is 10.2 Å². The molecule has 0 bridgehead atoms. The van der Waals surface area contributed by atoms with Crippen LogP contribution in [0.5, 0.6) is 5.75 Å². The minimum Gasteiger partial charge on any atom is -0.496 e. The number of rotatable bonds is 2. The first kappa shape index (κ1) is 18.2. The number of anilines is 1. The van der Waals surface area contributed by atoms with Crippen LogP contribution in [0.4, 0.5) is 5.69 Å². The van der Waals surface area contributed by atoms with Gasteiger partial charge in [0.25, 0.3) is 5.91 Å². The molecule has 25 heavy (non-hydrogen) atoms. The molecule has 5 heteroatoms. The highest BCUT2D eigenvalue weighted by Crippen LogP contribution is 2.41. The lowest BCUT2D eigenvalue weighted by Gasteiger charge is -2.22. The maximum Gasteiger partial charge on any atom is 0.256 e. The predicted molar refractivity (Wildman–Crippen MR) is 110 cm³/mol. The largest absolute Gasteiger partial charge is 0.496 e. The molecule has 1 aliphatic rings. The van der Waals surface area contributed by atoms with Crippen LogP contribution in [0, 0.1) is 0 Å². The van der Waals surface area contributed by atoms with Crippen molar-refractivity contribution in [2.24, 2.45) is 0 Å². The number of hydrogen-bond donors (Lipinski definition) is 1. The van der Waals surface area contributed by atoms with E-state index in [4.69, 9.17) is 4.74 Å². The van der Waals surface area contributed by atoms with Gasteiger partial charge in [-0.2, -0.15) is 0 Å². The van der Waals surface area contributed by atoms with Gasteiger partial charge in [0.15, 0.2) is 0 Å². The van der Waals surface area contributed by atoms with E-state index in [1.807, 2.05) is 30.3 Å². The zero-order chi connectivity index (χ0) is 18.4. The van der Waals surface area contributed by atoms with Crippen molar-refractivity contribution < 1.29 is 9.53 Å². The van der Waals surface area contributed by atoms with Crippen LogP contribution in [-0.4, -0.2) is 13.0 Å². The molecule has 0 saturated heterocycles. The highest BCUT2D eigenvalue weighted by Gasteiger charge is 2.27. The van der Waals surface area contributed by atoms with E-state index >= 15 is 0 Å². The van der Waals surface area contributed by atoms with Crippen LogP contribution >= 0.6 is 31.9 Å². The monoisotopic (exact) mass is 463 g/mol. The van der Waals surface area contributed by atoms with Gasteiger partial charge in [-0.05, 0) is 57.2 Å². The van der Waals surface area contributed by atoms with Crippen molar-refractivity contribution >= 4 is 55.1 Å². The first-order chi connectivity index (χ1) is 11.7. The third kappa shape index (κ3) is 3.53. The number of fused-ring (bicyclic) bond motifs is 1. The van der Waals surface area contributed by atoms with Crippen LogP contribution < -0.4 is 10.1 Å². The Hall–Kier alpha value is -1.59. The van der Waals surface area contributed by atoms with E-state index in [1.54, 1.807) is 7.11 Å². The highest BCUT2D eigenvalue weighted by atomic mass is 79.9.